The zero-order valence-electron chi connectivity index (χ0n) is 25.5. The third kappa shape index (κ3) is 13.8. The number of allylic oxidation sites excluding steroid dienone is 2. The van der Waals surface area contributed by atoms with Gasteiger partial charge in [-0.3, -0.25) is 4.48 Å². The lowest BCUT2D eigenvalue weighted by Gasteiger charge is -2.49. The first kappa shape index (κ1) is 37.1. The van der Waals surface area contributed by atoms with Gasteiger partial charge in [-0.2, -0.15) is 0 Å². The first-order chi connectivity index (χ1) is 18.7. The molecule has 228 valence electrons. The van der Waals surface area contributed by atoms with Gasteiger partial charge in [-0.15, -0.1) is 0 Å². The van der Waals surface area contributed by atoms with E-state index in [-0.39, 0.29) is 25.8 Å². The zero-order valence-corrected chi connectivity index (χ0v) is 25.5. The molecule has 0 saturated heterocycles. The topological polar surface area (TPSA) is 112 Å². The molecule has 7 heteroatoms. The number of carboxylic acids is 3. The summed E-state index contributed by atoms with van der Waals surface area (Å²) in [6, 6.07) is -3.20. The molecule has 3 atom stereocenters. The van der Waals surface area contributed by atoms with E-state index < -0.39 is 40.5 Å². The molecule has 0 spiro atoms. The first-order valence-corrected chi connectivity index (χ1v) is 15.9. The molecule has 0 aromatic carbocycles. The molecule has 0 aromatic heterocycles. The molecule has 0 radical (unpaired) electrons. The minimum absolute atomic E-state index is 0.190. The zero-order chi connectivity index (χ0) is 29.5. The fraction of sp³-hybridized carbons (Fsp3) is 0.844. The summed E-state index contributed by atoms with van der Waals surface area (Å²) in [5, 5.41) is 30.0. The van der Waals surface area contributed by atoms with Crippen molar-refractivity contribution in [1.29, 1.82) is 0 Å². The van der Waals surface area contributed by atoms with E-state index in [4.69, 9.17) is 0 Å². The minimum atomic E-state index is -1.12. The number of unbranched alkanes of at least 4 members (excludes halogenated alkanes) is 14. The smallest absolute Gasteiger partial charge is 0.362 e. The van der Waals surface area contributed by atoms with Crippen molar-refractivity contribution in [3.63, 3.8) is 0 Å². The molecule has 0 heterocycles. The molecular formula is C32H60NO6+. The van der Waals surface area contributed by atoms with Crippen LogP contribution in [0.25, 0.3) is 0 Å². The summed E-state index contributed by atoms with van der Waals surface area (Å²) in [7, 11) is 0. The Balaban J connectivity index is 4.62. The van der Waals surface area contributed by atoms with Gasteiger partial charge in [-0.1, -0.05) is 104 Å². The number of carbonyl (C=O) groups is 3. The van der Waals surface area contributed by atoms with E-state index in [2.05, 4.69) is 19.1 Å². The Morgan fingerprint density at radius 2 is 0.821 bits per heavy atom. The molecule has 0 fully saturated rings. The van der Waals surface area contributed by atoms with Crippen molar-refractivity contribution in [2.45, 2.75) is 168 Å². The Bertz CT molecular complexity index is 637. The van der Waals surface area contributed by atoms with Crippen LogP contribution < -0.4 is 0 Å². The molecule has 3 N–H and O–H groups in total. The van der Waals surface area contributed by atoms with Crippen LogP contribution >= 0.6 is 0 Å². The molecule has 7 nitrogen and oxygen atoms in total. The van der Waals surface area contributed by atoms with E-state index in [0.717, 1.165) is 38.5 Å². The van der Waals surface area contributed by atoms with Crippen molar-refractivity contribution in [2.24, 2.45) is 0 Å². The maximum absolute atomic E-state index is 12.2. The van der Waals surface area contributed by atoms with Crippen LogP contribution in [-0.2, 0) is 14.4 Å². The molecule has 0 saturated carbocycles. The van der Waals surface area contributed by atoms with Gasteiger partial charge >= 0.3 is 17.9 Å². The number of rotatable bonds is 27. The highest BCUT2D eigenvalue weighted by molar-refractivity contribution is 5.78. The van der Waals surface area contributed by atoms with Crippen molar-refractivity contribution >= 4 is 17.9 Å². The second kappa shape index (κ2) is 22.9. The standard InChI is InChI=1S/C32H59NO6/c1-5-9-10-11-12-13-14-15-16-17-18-19-20-21-22-23-24-25-26-33(27(6-2)30(34)35,28(7-3)31(36)37)29(8-4)32(38)39/h17-18,27-29H,5-16,19-26H2,1-4H3,(H2-,34,35,36,37,38,39)/p+1/b18-17+. The Morgan fingerprint density at radius 1 is 0.513 bits per heavy atom. The average molecular weight is 555 g/mol. The maximum Gasteiger partial charge on any atom is 0.362 e. The summed E-state index contributed by atoms with van der Waals surface area (Å²) in [6.07, 6.45) is 24.1. The Hall–Kier alpha value is -1.89. The normalized spacial score (nSPS) is 15.6. The van der Waals surface area contributed by atoms with E-state index in [0.29, 0.717) is 6.42 Å². The highest BCUT2D eigenvalue weighted by Crippen LogP contribution is 2.32. The predicted molar refractivity (Wildman–Crippen MR) is 159 cm³/mol. The number of quaternary nitrogens is 1. The molecule has 0 aliphatic rings. The molecule has 0 aliphatic heterocycles. The van der Waals surface area contributed by atoms with Gasteiger partial charge in [0.15, 0.2) is 18.1 Å². The summed E-state index contributed by atoms with van der Waals surface area (Å²) in [5.74, 6) is -3.35. The van der Waals surface area contributed by atoms with Crippen molar-refractivity contribution in [3.8, 4) is 0 Å². The maximum atomic E-state index is 12.2. The molecular weight excluding hydrogens is 494 g/mol. The Labute approximate surface area is 238 Å². The highest BCUT2D eigenvalue weighted by atomic mass is 16.4. The first-order valence-electron chi connectivity index (χ1n) is 15.9. The van der Waals surface area contributed by atoms with Crippen LogP contribution in [0.3, 0.4) is 0 Å². The lowest BCUT2D eigenvalue weighted by molar-refractivity contribution is -0.973. The van der Waals surface area contributed by atoms with Gasteiger partial charge in [0.25, 0.3) is 0 Å². The SMILES string of the molecule is CCCCCCCCCC/C=C/CCCCCCCC[N+](C(CC)C(=O)O)(C(CC)C(=O)O)C(CC)C(=O)O. The minimum Gasteiger partial charge on any atom is -0.477 e. The Kier molecular flexibility index (Phi) is 21.8. The lowest BCUT2D eigenvalue weighted by Crippen LogP contribution is -2.72. The van der Waals surface area contributed by atoms with Gasteiger partial charge in [0, 0.05) is 19.3 Å². The van der Waals surface area contributed by atoms with Crippen molar-refractivity contribution in [3.05, 3.63) is 12.2 Å². The van der Waals surface area contributed by atoms with Gasteiger partial charge in [0.1, 0.15) is 0 Å². The van der Waals surface area contributed by atoms with Crippen LogP contribution in [0.2, 0.25) is 0 Å². The summed E-state index contributed by atoms with van der Waals surface area (Å²) < 4.78 is -0.410. The molecule has 0 rings (SSSR count). The van der Waals surface area contributed by atoms with E-state index in [1.54, 1.807) is 20.8 Å². The van der Waals surface area contributed by atoms with Crippen LogP contribution in [0.5, 0.6) is 0 Å². The highest BCUT2D eigenvalue weighted by Gasteiger charge is 2.55. The largest absolute Gasteiger partial charge is 0.477 e. The summed E-state index contributed by atoms with van der Waals surface area (Å²) in [4.78, 5) is 36.7. The van der Waals surface area contributed by atoms with Crippen LogP contribution in [0.15, 0.2) is 12.2 Å². The van der Waals surface area contributed by atoms with Crippen molar-refractivity contribution in [2.75, 3.05) is 6.54 Å². The second-order valence-electron chi connectivity index (χ2n) is 11.2. The Morgan fingerprint density at radius 3 is 1.13 bits per heavy atom. The van der Waals surface area contributed by atoms with Crippen molar-refractivity contribution < 1.29 is 34.2 Å². The fourth-order valence-corrected chi connectivity index (χ4v) is 6.27. The van der Waals surface area contributed by atoms with E-state index in [1.807, 2.05) is 0 Å². The monoisotopic (exact) mass is 554 g/mol. The molecule has 0 bridgehead atoms. The second-order valence-corrected chi connectivity index (χ2v) is 11.2. The van der Waals surface area contributed by atoms with Crippen molar-refractivity contribution in [1.82, 2.24) is 0 Å². The van der Waals surface area contributed by atoms with Crippen LogP contribution in [-0.4, -0.2) is 62.4 Å². The predicted octanol–water partition coefficient (Wildman–Crippen LogP) is 8.21. The van der Waals surface area contributed by atoms with E-state index in [9.17, 15) is 29.7 Å². The van der Waals surface area contributed by atoms with Gasteiger partial charge in [0.05, 0.1) is 6.54 Å². The average Bonchev–Trinajstić information content (AvgIpc) is 2.88. The molecule has 0 aliphatic carbocycles. The number of nitrogens with zero attached hydrogens (tertiary/aromatic N) is 1. The van der Waals surface area contributed by atoms with E-state index >= 15 is 0 Å². The molecule has 0 amide bonds. The number of carboxylic acid groups (broad SMARTS) is 3. The lowest BCUT2D eigenvalue weighted by atomic mass is 9.93. The molecule has 3 unspecified atom stereocenters. The van der Waals surface area contributed by atoms with Gasteiger partial charge in [-0.25, -0.2) is 14.4 Å². The number of hydrogen-bond donors (Lipinski definition) is 3. The number of hydrogen-bond acceptors (Lipinski definition) is 3. The quantitative estimate of drug-likeness (QED) is 0.0536. The third-order valence-electron chi connectivity index (χ3n) is 8.31. The van der Waals surface area contributed by atoms with Gasteiger partial charge in [-0.05, 0) is 38.5 Å². The third-order valence-corrected chi connectivity index (χ3v) is 8.31. The molecule has 39 heavy (non-hydrogen) atoms. The molecule has 0 aromatic rings. The van der Waals surface area contributed by atoms with Crippen LogP contribution in [0.1, 0.15) is 150 Å². The van der Waals surface area contributed by atoms with Crippen LogP contribution in [0, 0.1) is 0 Å². The van der Waals surface area contributed by atoms with E-state index in [1.165, 1.54) is 57.8 Å². The van der Waals surface area contributed by atoms with Crippen LogP contribution in [0.4, 0.5) is 0 Å². The number of aliphatic carboxylic acids is 3. The van der Waals surface area contributed by atoms with Gasteiger partial charge in [0.2, 0.25) is 0 Å². The summed E-state index contributed by atoms with van der Waals surface area (Å²) in [5.41, 5.74) is 0. The summed E-state index contributed by atoms with van der Waals surface area (Å²) in [6.45, 7) is 7.63. The fourth-order valence-electron chi connectivity index (χ4n) is 6.27. The summed E-state index contributed by atoms with van der Waals surface area (Å²) >= 11 is 0. The van der Waals surface area contributed by atoms with Gasteiger partial charge < -0.3 is 15.3 Å².